The van der Waals surface area contributed by atoms with Gasteiger partial charge >= 0.3 is 0 Å². The van der Waals surface area contributed by atoms with Crippen LogP contribution in [0.5, 0.6) is 0 Å². The largest absolute Gasteiger partial charge is 0.413 e. The van der Waals surface area contributed by atoms with E-state index >= 15 is 0 Å². The van der Waals surface area contributed by atoms with Crippen molar-refractivity contribution in [1.82, 2.24) is 4.98 Å². The summed E-state index contributed by atoms with van der Waals surface area (Å²) in [6, 6.07) is 4.27. The highest BCUT2D eigenvalue weighted by atomic mass is 28.4. The Labute approximate surface area is 169 Å². The Hall–Kier alpha value is -0.696. The van der Waals surface area contributed by atoms with Gasteiger partial charge in [0.25, 0.3) is 0 Å². The summed E-state index contributed by atoms with van der Waals surface area (Å²) >= 11 is 0. The highest BCUT2D eigenvalue weighted by Gasteiger charge is 2.38. The lowest BCUT2D eigenvalue weighted by Gasteiger charge is -2.36. The lowest BCUT2D eigenvalue weighted by atomic mass is 10.2. The maximum atomic E-state index is 6.43. The van der Waals surface area contributed by atoms with E-state index in [1.807, 2.05) is 19.0 Å². The molecule has 1 aromatic rings. The summed E-state index contributed by atoms with van der Waals surface area (Å²) in [5, 5.41) is 0.402. The minimum atomic E-state index is -1.80. The van der Waals surface area contributed by atoms with Crippen molar-refractivity contribution in [1.29, 1.82) is 0 Å². The third kappa shape index (κ3) is 6.70. The van der Waals surface area contributed by atoms with E-state index in [0.717, 1.165) is 11.5 Å². The molecule has 0 saturated heterocycles. The fraction of sp³-hybridized carbons (Fsp3) is 0.762. The SMILES string of the molecule is CN(C)c1cc(CO[Si](C)(C)C(C)(C)C)cc(CO[Si](C)(C)C(C)(C)C)n1. The maximum absolute atomic E-state index is 6.43. The molecule has 6 heteroatoms. The first-order chi connectivity index (χ1) is 12.0. The number of pyridine rings is 1. The smallest absolute Gasteiger partial charge is 0.192 e. The minimum Gasteiger partial charge on any atom is -0.413 e. The van der Waals surface area contributed by atoms with E-state index in [1.54, 1.807) is 0 Å². The zero-order valence-corrected chi connectivity index (χ0v) is 21.8. The van der Waals surface area contributed by atoms with E-state index in [-0.39, 0.29) is 10.1 Å². The maximum Gasteiger partial charge on any atom is 0.192 e. The molecule has 0 aliphatic carbocycles. The molecule has 0 spiro atoms. The van der Waals surface area contributed by atoms with Crippen molar-refractivity contribution in [3.8, 4) is 0 Å². The van der Waals surface area contributed by atoms with Gasteiger partial charge in [0.1, 0.15) is 5.82 Å². The monoisotopic (exact) mass is 410 g/mol. The molecule has 0 N–H and O–H groups in total. The van der Waals surface area contributed by atoms with Gasteiger partial charge in [-0.15, -0.1) is 0 Å². The van der Waals surface area contributed by atoms with Gasteiger partial charge in [0.05, 0.1) is 18.9 Å². The van der Waals surface area contributed by atoms with Gasteiger partial charge in [0.2, 0.25) is 0 Å². The number of hydrogen-bond donors (Lipinski definition) is 0. The molecular weight excluding hydrogens is 368 g/mol. The first-order valence-electron chi connectivity index (χ1n) is 9.91. The van der Waals surface area contributed by atoms with Gasteiger partial charge in [0, 0.05) is 14.1 Å². The van der Waals surface area contributed by atoms with Crippen LogP contribution in [0.15, 0.2) is 12.1 Å². The molecule has 1 rings (SSSR count). The Morgan fingerprint density at radius 1 is 0.815 bits per heavy atom. The Kier molecular flexibility index (Phi) is 7.53. The number of nitrogens with zero attached hydrogens (tertiary/aromatic N) is 2. The number of hydrogen-bond acceptors (Lipinski definition) is 4. The molecule has 0 fully saturated rings. The average molecular weight is 411 g/mol. The predicted molar refractivity (Wildman–Crippen MR) is 123 cm³/mol. The fourth-order valence-electron chi connectivity index (χ4n) is 1.97. The van der Waals surface area contributed by atoms with Crippen molar-refractivity contribution in [2.45, 2.75) is 91.0 Å². The summed E-state index contributed by atoms with van der Waals surface area (Å²) < 4.78 is 12.8. The third-order valence-corrected chi connectivity index (χ3v) is 15.1. The van der Waals surface area contributed by atoms with Crippen LogP contribution in [0, 0.1) is 0 Å². The molecule has 4 nitrogen and oxygen atoms in total. The van der Waals surface area contributed by atoms with Gasteiger partial charge < -0.3 is 13.8 Å². The lowest BCUT2D eigenvalue weighted by Crippen LogP contribution is -2.40. The third-order valence-electron chi connectivity index (χ3n) is 6.18. The second kappa shape index (κ2) is 8.35. The summed E-state index contributed by atoms with van der Waals surface area (Å²) in [6.45, 7) is 24.0. The fourth-order valence-corrected chi connectivity index (χ4v) is 3.87. The van der Waals surface area contributed by atoms with Crippen LogP contribution >= 0.6 is 0 Å². The van der Waals surface area contributed by atoms with E-state index in [1.165, 1.54) is 5.56 Å². The summed E-state index contributed by atoms with van der Waals surface area (Å²) in [6.07, 6.45) is 0. The molecule has 0 unspecified atom stereocenters. The van der Waals surface area contributed by atoms with Crippen LogP contribution in [0.2, 0.25) is 36.3 Å². The quantitative estimate of drug-likeness (QED) is 0.502. The van der Waals surface area contributed by atoms with Crippen LogP contribution < -0.4 is 4.90 Å². The normalized spacial score (nSPS) is 13.8. The van der Waals surface area contributed by atoms with Gasteiger partial charge in [0.15, 0.2) is 16.6 Å². The summed E-state index contributed by atoms with van der Waals surface area (Å²) in [4.78, 5) is 6.84. The highest BCUT2D eigenvalue weighted by molar-refractivity contribution is 6.74. The molecule has 0 radical (unpaired) electrons. The summed E-state index contributed by atoms with van der Waals surface area (Å²) in [5.41, 5.74) is 2.16. The molecule has 0 aliphatic rings. The van der Waals surface area contributed by atoms with E-state index in [2.05, 4.69) is 79.9 Å². The van der Waals surface area contributed by atoms with Gasteiger partial charge in [-0.3, -0.25) is 0 Å². The van der Waals surface area contributed by atoms with Crippen LogP contribution in [0.4, 0.5) is 5.82 Å². The van der Waals surface area contributed by atoms with E-state index < -0.39 is 16.6 Å². The molecular formula is C21H42N2O2Si2. The second-order valence-corrected chi connectivity index (χ2v) is 20.4. The number of anilines is 1. The Morgan fingerprint density at radius 3 is 1.67 bits per heavy atom. The molecule has 1 aromatic heterocycles. The molecule has 0 amide bonds. The van der Waals surface area contributed by atoms with E-state index in [9.17, 15) is 0 Å². The van der Waals surface area contributed by atoms with E-state index in [4.69, 9.17) is 13.8 Å². The molecule has 1 heterocycles. The lowest BCUT2D eigenvalue weighted by molar-refractivity contribution is 0.267. The minimum absolute atomic E-state index is 0.195. The molecule has 0 saturated carbocycles. The Balaban J connectivity index is 3.01. The number of rotatable bonds is 7. The Bertz CT molecular complexity index is 582. The Morgan fingerprint density at radius 2 is 1.26 bits per heavy atom. The van der Waals surface area contributed by atoms with Crippen LogP contribution in [0.1, 0.15) is 52.8 Å². The van der Waals surface area contributed by atoms with Gasteiger partial charge in [-0.25, -0.2) is 4.98 Å². The highest BCUT2D eigenvalue weighted by Crippen LogP contribution is 2.38. The van der Waals surface area contributed by atoms with Crippen LogP contribution in [-0.4, -0.2) is 35.7 Å². The molecule has 0 bridgehead atoms. The molecule has 0 aliphatic heterocycles. The zero-order valence-electron chi connectivity index (χ0n) is 19.8. The van der Waals surface area contributed by atoms with E-state index in [0.29, 0.717) is 13.2 Å². The zero-order chi connectivity index (χ0) is 21.3. The van der Waals surface area contributed by atoms with Crippen molar-refractivity contribution in [3.05, 3.63) is 23.4 Å². The van der Waals surface area contributed by atoms with Gasteiger partial charge in [-0.05, 0) is 54.0 Å². The van der Waals surface area contributed by atoms with Crippen LogP contribution in [0.25, 0.3) is 0 Å². The van der Waals surface area contributed by atoms with Crippen molar-refractivity contribution < 1.29 is 8.85 Å². The number of aromatic nitrogens is 1. The topological polar surface area (TPSA) is 34.6 Å². The van der Waals surface area contributed by atoms with Crippen LogP contribution in [-0.2, 0) is 22.1 Å². The van der Waals surface area contributed by atoms with Crippen molar-refractivity contribution in [3.63, 3.8) is 0 Å². The molecule has 0 aromatic carbocycles. The average Bonchev–Trinajstić information content (AvgIpc) is 2.48. The van der Waals surface area contributed by atoms with Crippen molar-refractivity contribution >= 4 is 22.5 Å². The molecule has 0 atom stereocenters. The van der Waals surface area contributed by atoms with Crippen LogP contribution in [0.3, 0.4) is 0 Å². The standard InChI is InChI=1S/C21H42N2O2Si2/c1-20(2,3)26(9,10)24-15-17-13-18(22-19(14-17)23(7)8)16-25-27(11,12)21(4,5)6/h13-14H,15-16H2,1-12H3. The van der Waals surface area contributed by atoms with Gasteiger partial charge in [-0.2, -0.15) is 0 Å². The summed E-state index contributed by atoms with van der Waals surface area (Å²) in [5.74, 6) is 0.958. The first kappa shape index (κ1) is 24.3. The first-order valence-corrected chi connectivity index (χ1v) is 15.7. The van der Waals surface area contributed by atoms with Gasteiger partial charge in [-0.1, -0.05) is 41.5 Å². The summed E-state index contributed by atoms with van der Waals surface area (Å²) in [7, 11) is 0.472. The van der Waals surface area contributed by atoms with Crippen molar-refractivity contribution in [2.75, 3.05) is 19.0 Å². The molecule has 156 valence electrons. The van der Waals surface area contributed by atoms with Crippen molar-refractivity contribution in [2.24, 2.45) is 0 Å². The second-order valence-electron chi connectivity index (χ2n) is 10.8. The molecule has 27 heavy (non-hydrogen) atoms. The predicted octanol–water partition coefficient (Wildman–Crippen LogP) is 6.19.